The Bertz CT molecular complexity index is 756. The fourth-order valence-corrected chi connectivity index (χ4v) is 3.41. The third-order valence-corrected chi connectivity index (χ3v) is 4.72. The fraction of sp³-hybridized carbons (Fsp3) is 0.267. The summed E-state index contributed by atoms with van der Waals surface area (Å²) >= 11 is 0. The van der Waals surface area contributed by atoms with Gasteiger partial charge in [-0.25, -0.2) is 8.42 Å². The molecule has 0 spiro atoms. The van der Waals surface area contributed by atoms with Gasteiger partial charge < -0.3 is 5.73 Å². The van der Waals surface area contributed by atoms with Crippen molar-refractivity contribution in [3.8, 4) is 0 Å². The minimum absolute atomic E-state index is 0.128. The summed E-state index contributed by atoms with van der Waals surface area (Å²) in [5.74, 6) is -0.666. The van der Waals surface area contributed by atoms with Crippen LogP contribution in [0.25, 0.3) is 10.8 Å². The van der Waals surface area contributed by atoms with Gasteiger partial charge in [-0.05, 0) is 29.3 Å². The molecular weight excluding hydrogens is 288 g/mol. The molecule has 0 radical (unpaired) electrons. The molecule has 0 aromatic heterocycles. The van der Waals surface area contributed by atoms with Crippen LogP contribution < -0.4 is 10.5 Å². The molecule has 0 bridgehead atoms. The summed E-state index contributed by atoms with van der Waals surface area (Å²) in [7, 11) is -3.77. The van der Waals surface area contributed by atoms with Crippen LogP contribution in [0.5, 0.6) is 0 Å². The van der Waals surface area contributed by atoms with Crippen molar-refractivity contribution in [2.75, 3.05) is 0 Å². The molecule has 0 aliphatic carbocycles. The van der Waals surface area contributed by atoms with E-state index in [2.05, 4.69) is 4.72 Å². The van der Waals surface area contributed by atoms with Crippen molar-refractivity contribution in [1.29, 1.82) is 0 Å². The predicted molar refractivity (Wildman–Crippen MR) is 82.2 cm³/mol. The number of benzene rings is 2. The second-order valence-corrected chi connectivity index (χ2v) is 6.59. The summed E-state index contributed by atoms with van der Waals surface area (Å²) in [6, 6.07) is 11.4. The number of nitrogens with two attached hydrogens (primary N) is 1. The average molecular weight is 306 g/mol. The molecule has 1 amide bonds. The van der Waals surface area contributed by atoms with E-state index < -0.39 is 22.0 Å². The Balaban J connectivity index is 2.34. The molecule has 0 aliphatic rings. The van der Waals surface area contributed by atoms with Crippen LogP contribution in [0.4, 0.5) is 0 Å². The Morgan fingerprint density at radius 2 is 1.86 bits per heavy atom. The van der Waals surface area contributed by atoms with Gasteiger partial charge >= 0.3 is 0 Å². The molecule has 112 valence electrons. The Morgan fingerprint density at radius 3 is 2.48 bits per heavy atom. The summed E-state index contributed by atoms with van der Waals surface area (Å²) < 4.78 is 27.1. The van der Waals surface area contributed by atoms with Gasteiger partial charge in [0.25, 0.3) is 0 Å². The number of hydrogen-bond donors (Lipinski definition) is 2. The standard InChI is InChI=1S/C15H18N2O3S/c1-2-5-14(15(16)18)17-21(19,20)13-9-8-11-6-3-4-7-12(11)10-13/h3-4,6-10,14,17H,2,5H2,1H3,(H2,16,18). The molecule has 0 fully saturated rings. The lowest BCUT2D eigenvalue weighted by Gasteiger charge is -2.15. The van der Waals surface area contributed by atoms with Gasteiger partial charge in [0.05, 0.1) is 4.90 Å². The zero-order chi connectivity index (χ0) is 15.5. The van der Waals surface area contributed by atoms with Crippen LogP contribution in [0, 0.1) is 0 Å². The van der Waals surface area contributed by atoms with Crippen molar-refractivity contribution in [3.05, 3.63) is 42.5 Å². The number of primary amides is 1. The summed E-state index contributed by atoms with van der Waals surface area (Å²) in [6.45, 7) is 1.86. The molecule has 6 heteroatoms. The Hall–Kier alpha value is -1.92. The van der Waals surface area contributed by atoms with Crippen LogP contribution in [0.15, 0.2) is 47.4 Å². The lowest BCUT2D eigenvalue weighted by atomic mass is 10.1. The molecule has 0 saturated carbocycles. The first-order valence-corrected chi connectivity index (χ1v) is 8.23. The summed E-state index contributed by atoms with van der Waals surface area (Å²) in [4.78, 5) is 11.4. The van der Waals surface area contributed by atoms with E-state index in [0.717, 1.165) is 10.8 Å². The van der Waals surface area contributed by atoms with E-state index in [9.17, 15) is 13.2 Å². The van der Waals surface area contributed by atoms with E-state index in [1.54, 1.807) is 12.1 Å². The van der Waals surface area contributed by atoms with Crippen molar-refractivity contribution in [2.24, 2.45) is 5.73 Å². The molecule has 2 aromatic carbocycles. The largest absolute Gasteiger partial charge is 0.368 e. The van der Waals surface area contributed by atoms with Gasteiger partial charge in [0, 0.05) is 0 Å². The van der Waals surface area contributed by atoms with Crippen LogP contribution in [0.3, 0.4) is 0 Å². The van der Waals surface area contributed by atoms with Crippen molar-refractivity contribution in [1.82, 2.24) is 4.72 Å². The van der Waals surface area contributed by atoms with E-state index in [0.29, 0.717) is 12.8 Å². The quantitative estimate of drug-likeness (QED) is 0.852. The molecule has 0 aliphatic heterocycles. The molecule has 2 rings (SSSR count). The van der Waals surface area contributed by atoms with Gasteiger partial charge in [-0.1, -0.05) is 43.7 Å². The molecule has 0 saturated heterocycles. The lowest BCUT2D eigenvalue weighted by Crippen LogP contribution is -2.44. The Labute approximate surface area is 124 Å². The van der Waals surface area contributed by atoms with Crippen molar-refractivity contribution < 1.29 is 13.2 Å². The highest BCUT2D eigenvalue weighted by molar-refractivity contribution is 7.89. The first kappa shape index (κ1) is 15.5. The molecule has 3 N–H and O–H groups in total. The van der Waals surface area contributed by atoms with Crippen molar-refractivity contribution >= 4 is 26.7 Å². The highest BCUT2D eigenvalue weighted by atomic mass is 32.2. The average Bonchev–Trinajstić information content (AvgIpc) is 2.46. The minimum Gasteiger partial charge on any atom is -0.368 e. The number of fused-ring (bicyclic) bond motifs is 1. The third-order valence-electron chi connectivity index (χ3n) is 3.25. The monoisotopic (exact) mass is 306 g/mol. The number of nitrogens with one attached hydrogen (secondary N) is 1. The van der Waals surface area contributed by atoms with E-state index in [1.807, 2.05) is 31.2 Å². The number of hydrogen-bond acceptors (Lipinski definition) is 3. The maximum absolute atomic E-state index is 12.3. The van der Waals surface area contributed by atoms with E-state index >= 15 is 0 Å². The molecule has 2 aromatic rings. The van der Waals surface area contributed by atoms with Gasteiger partial charge in [0.2, 0.25) is 15.9 Å². The van der Waals surface area contributed by atoms with E-state index in [4.69, 9.17) is 5.73 Å². The van der Waals surface area contributed by atoms with Crippen LogP contribution in [0.2, 0.25) is 0 Å². The zero-order valence-electron chi connectivity index (χ0n) is 11.7. The third kappa shape index (κ3) is 3.59. The maximum atomic E-state index is 12.3. The topological polar surface area (TPSA) is 89.3 Å². The zero-order valence-corrected chi connectivity index (χ0v) is 12.6. The highest BCUT2D eigenvalue weighted by Gasteiger charge is 2.23. The normalized spacial score (nSPS) is 13.2. The maximum Gasteiger partial charge on any atom is 0.241 e. The van der Waals surface area contributed by atoms with Gasteiger partial charge in [0.1, 0.15) is 6.04 Å². The second-order valence-electron chi connectivity index (χ2n) is 4.87. The number of carbonyl (C=O) groups is 1. The second kappa shape index (κ2) is 6.24. The predicted octanol–water partition coefficient (Wildman–Crippen LogP) is 1.77. The summed E-state index contributed by atoms with van der Waals surface area (Å²) in [6.07, 6.45) is 1.04. The van der Waals surface area contributed by atoms with Gasteiger partial charge in [-0.2, -0.15) is 4.72 Å². The molecule has 1 atom stereocenters. The lowest BCUT2D eigenvalue weighted by molar-refractivity contribution is -0.119. The molecule has 5 nitrogen and oxygen atoms in total. The highest BCUT2D eigenvalue weighted by Crippen LogP contribution is 2.19. The van der Waals surface area contributed by atoms with Crippen molar-refractivity contribution in [3.63, 3.8) is 0 Å². The number of amides is 1. The Morgan fingerprint density at radius 1 is 1.19 bits per heavy atom. The van der Waals surface area contributed by atoms with Gasteiger partial charge in [-0.3, -0.25) is 4.79 Å². The van der Waals surface area contributed by atoms with E-state index in [-0.39, 0.29) is 4.90 Å². The summed E-state index contributed by atoms with van der Waals surface area (Å²) in [5, 5.41) is 1.78. The van der Waals surface area contributed by atoms with Crippen LogP contribution in [-0.4, -0.2) is 20.4 Å². The van der Waals surface area contributed by atoms with Gasteiger partial charge in [0.15, 0.2) is 0 Å². The number of rotatable bonds is 6. The number of carbonyl (C=O) groups excluding carboxylic acids is 1. The molecular formula is C15H18N2O3S. The minimum atomic E-state index is -3.77. The van der Waals surface area contributed by atoms with E-state index in [1.165, 1.54) is 6.07 Å². The fourth-order valence-electron chi connectivity index (χ4n) is 2.14. The van der Waals surface area contributed by atoms with Crippen LogP contribution >= 0.6 is 0 Å². The molecule has 1 unspecified atom stereocenters. The first-order chi connectivity index (χ1) is 9.94. The SMILES string of the molecule is CCCC(NS(=O)(=O)c1ccc2ccccc2c1)C(N)=O. The van der Waals surface area contributed by atoms with Crippen molar-refractivity contribution in [2.45, 2.75) is 30.7 Å². The Kier molecular flexibility index (Phi) is 4.59. The van der Waals surface area contributed by atoms with Crippen LogP contribution in [-0.2, 0) is 14.8 Å². The molecule has 21 heavy (non-hydrogen) atoms. The number of sulfonamides is 1. The van der Waals surface area contributed by atoms with Crippen LogP contribution in [0.1, 0.15) is 19.8 Å². The molecule has 0 heterocycles. The first-order valence-electron chi connectivity index (χ1n) is 6.74. The van der Waals surface area contributed by atoms with Gasteiger partial charge in [-0.15, -0.1) is 0 Å². The summed E-state index contributed by atoms with van der Waals surface area (Å²) in [5.41, 5.74) is 5.23. The smallest absolute Gasteiger partial charge is 0.241 e.